The number of halogens is 1. The fourth-order valence-corrected chi connectivity index (χ4v) is 4.06. The molecule has 30 heavy (non-hydrogen) atoms. The summed E-state index contributed by atoms with van der Waals surface area (Å²) in [5.41, 5.74) is 5.28. The summed E-state index contributed by atoms with van der Waals surface area (Å²) in [6.07, 6.45) is 0.596. The van der Waals surface area contributed by atoms with Crippen molar-refractivity contribution in [1.29, 1.82) is 0 Å². The van der Waals surface area contributed by atoms with Gasteiger partial charge in [0.2, 0.25) is 0 Å². The summed E-state index contributed by atoms with van der Waals surface area (Å²) < 4.78 is 1.01. The van der Waals surface area contributed by atoms with Gasteiger partial charge in [0.25, 0.3) is 5.91 Å². The maximum Gasteiger partial charge on any atom is 0.274 e. The molecule has 3 aromatic carbocycles. The number of fused-ring (bicyclic) bond motifs is 1. The van der Waals surface area contributed by atoms with Crippen LogP contribution in [0.15, 0.2) is 82.4 Å². The van der Waals surface area contributed by atoms with E-state index in [-0.39, 0.29) is 11.9 Å². The largest absolute Gasteiger partial charge is 0.340 e. The first kappa shape index (κ1) is 18.8. The Labute approximate surface area is 182 Å². The molecule has 148 valence electrons. The van der Waals surface area contributed by atoms with Crippen LogP contribution in [0.4, 0.5) is 0 Å². The van der Waals surface area contributed by atoms with Crippen LogP contribution in [0.3, 0.4) is 0 Å². The first-order valence-electron chi connectivity index (χ1n) is 9.77. The van der Waals surface area contributed by atoms with Crippen LogP contribution in [-0.4, -0.2) is 26.6 Å². The quantitative estimate of drug-likeness (QED) is 0.432. The minimum absolute atomic E-state index is 0.120. The molecule has 0 saturated heterocycles. The highest BCUT2D eigenvalue weighted by molar-refractivity contribution is 9.10. The Morgan fingerprint density at radius 1 is 1.03 bits per heavy atom. The number of benzene rings is 3. The van der Waals surface area contributed by atoms with Crippen LogP contribution < -0.4 is 0 Å². The number of aromatic amines is 1. The molecule has 1 aliphatic rings. The molecule has 1 amide bonds. The number of H-pyrrole nitrogens is 1. The lowest BCUT2D eigenvalue weighted by molar-refractivity contribution is 0.0704. The minimum Gasteiger partial charge on any atom is -0.340 e. The first-order chi connectivity index (χ1) is 14.6. The van der Waals surface area contributed by atoms with E-state index in [1.807, 2.05) is 79.7 Å². The monoisotopic (exact) mass is 458 g/mol. The maximum absolute atomic E-state index is 13.5. The summed E-state index contributed by atoms with van der Waals surface area (Å²) in [6, 6.07) is 23.2. The number of para-hydroxylation sites is 2. The Hall–Kier alpha value is -3.25. The third kappa shape index (κ3) is 3.33. The molecule has 1 N–H and O–H groups in total. The van der Waals surface area contributed by atoms with Crippen molar-refractivity contribution in [2.75, 3.05) is 0 Å². The summed E-state index contributed by atoms with van der Waals surface area (Å²) >= 11 is 3.48. The Kier molecular flexibility index (Phi) is 4.71. The smallest absolute Gasteiger partial charge is 0.274 e. The van der Waals surface area contributed by atoms with Crippen LogP contribution in [0, 0.1) is 6.92 Å². The summed E-state index contributed by atoms with van der Waals surface area (Å²) in [6.45, 7) is 1.94. The number of imidazole rings is 1. The van der Waals surface area contributed by atoms with Gasteiger partial charge in [-0.2, -0.15) is 5.10 Å². The van der Waals surface area contributed by atoms with Crippen molar-refractivity contribution >= 4 is 38.6 Å². The molecule has 0 bridgehead atoms. The zero-order valence-corrected chi connectivity index (χ0v) is 17.9. The highest BCUT2D eigenvalue weighted by Crippen LogP contribution is 2.34. The normalized spacial score (nSPS) is 16.1. The van der Waals surface area contributed by atoms with Gasteiger partial charge in [-0.25, -0.2) is 9.99 Å². The summed E-state index contributed by atoms with van der Waals surface area (Å²) in [4.78, 5) is 21.6. The molecule has 0 aliphatic carbocycles. The van der Waals surface area contributed by atoms with Gasteiger partial charge < -0.3 is 4.98 Å². The van der Waals surface area contributed by atoms with Gasteiger partial charge in [-0.1, -0.05) is 58.4 Å². The molecule has 4 aromatic rings. The second-order valence-electron chi connectivity index (χ2n) is 7.38. The predicted octanol–water partition coefficient (Wildman–Crippen LogP) is 5.63. The second kappa shape index (κ2) is 7.54. The summed E-state index contributed by atoms with van der Waals surface area (Å²) in [5, 5.41) is 6.34. The van der Waals surface area contributed by atoms with Gasteiger partial charge in [0.05, 0.1) is 16.7 Å². The summed E-state index contributed by atoms with van der Waals surface area (Å²) in [5.74, 6) is 0.625. The van der Waals surface area contributed by atoms with Crippen LogP contribution in [0.25, 0.3) is 11.0 Å². The topological polar surface area (TPSA) is 61.4 Å². The number of carbonyl (C=O) groups excluding carboxylic acids is 1. The van der Waals surface area contributed by atoms with E-state index in [0.717, 1.165) is 38.2 Å². The number of nitrogens with one attached hydrogen (secondary N) is 1. The Balaban J connectivity index is 1.58. The number of hydrogen-bond acceptors (Lipinski definition) is 3. The van der Waals surface area contributed by atoms with Gasteiger partial charge in [-0.05, 0) is 48.4 Å². The Morgan fingerprint density at radius 3 is 2.53 bits per heavy atom. The molecule has 2 heterocycles. The van der Waals surface area contributed by atoms with Gasteiger partial charge >= 0.3 is 0 Å². The molecular weight excluding hydrogens is 440 g/mol. The standard InChI is InChI=1S/C24H19BrN4O/c1-15-6-2-3-7-18(15)24(30)29-22(23-26-19-8-4-5-9-20(19)27-23)14-21(28-29)16-10-12-17(25)13-11-16/h2-13,22H,14H2,1H3,(H,26,27)/t22-/m0/s1. The molecule has 0 fully saturated rings. The SMILES string of the molecule is Cc1ccccc1C(=O)N1N=C(c2ccc(Br)cc2)C[C@H]1c1nc2ccccc2[nH]1. The van der Waals surface area contributed by atoms with Crippen molar-refractivity contribution in [1.82, 2.24) is 15.0 Å². The fourth-order valence-electron chi connectivity index (χ4n) is 3.79. The average molecular weight is 459 g/mol. The van der Waals surface area contributed by atoms with Crippen molar-refractivity contribution in [2.45, 2.75) is 19.4 Å². The Bertz CT molecular complexity index is 1240. The fraction of sp³-hybridized carbons (Fsp3) is 0.125. The van der Waals surface area contributed by atoms with Gasteiger partial charge in [-0.15, -0.1) is 0 Å². The molecular formula is C24H19BrN4O. The van der Waals surface area contributed by atoms with E-state index in [4.69, 9.17) is 10.1 Å². The molecule has 0 saturated carbocycles. The number of hydrazone groups is 1. The minimum atomic E-state index is -0.289. The van der Waals surface area contributed by atoms with E-state index < -0.39 is 0 Å². The highest BCUT2D eigenvalue weighted by Gasteiger charge is 2.36. The van der Waals surface area contributed by atoms with Crippen LogP contribution >= 0.6 is 15.9 Å². The van der Waals surface area contributed by atoms with Crippen molar-refractivity contribution < 1.29 is 4.79 Å². The number of aromatic nitrogens is 2. The van der Waals surface area contributed by atoms with E-state index in [9.17, 15) is 4.79 Å². The van der Waals surface area contributed by atoms with Gasteiger partial charge in [-0.3, -0.25) is 4.79 Å². The van der Waals surface area contributed by atoms with Crippen LogP contribution in [0.1, 0.15) is 39.8 Å². The molecule has 0 radical (unpaired) electrons. The van der Waals surface area contributed by atoms with Crippen LogP contribution in [0.5, 0.6) is 0 Å². The van der Waals surface area contributed by atoms with Gasteiger partial charge in [0.15, 0.2) is 0 Å². The van der Waals surface area contributed by atoms with Gasteiger partial charge in [0.1, 0.15) is 11.9 Å². The molecule has 0 unspecified atom stereocenters. The molecule has 1 atom stereocenters. The van der Waals surface area contributed by atoms with E-state index in [0.29, 0.717) is 12.0 Å². The number of aryl methyl sites for hydroxylation is 1. The van der Waals surface area contributed by atoms with Crippen LogP contribution in [-0.2, 0) is 0 Å². The molecule has 1 aliphatic heterocycles. The van der Waals surface area contributed by atoms with Crippen molar-refractivity contribution in [3.05, 3.63) is 99.8 Å². The number of hydrogen-bond donors (Lipinski definition) is 1. The average Bonchev–Trinajstić information content (AvgIpc) is 3.38. The van der Waals surface area contributed by atoms with Gasteiger partial charge in [0, 0.05) is 16.5 Å². The van der Waals surface area contributed by atoms with E-state index in [2.05, 4.69) is 20.9 Å². The number of carbonyl (C=O) groups is 1. The zero-order valence-electron chi connectivity index (χ0n) is 16.3. The number of nitrogens with zero attached hydrogens (tertiary/aromatic N) is 3. The lowest BCUT2D eigenvalue weighted by Crippen LogP contribution is -2.28. The predicted molar refractivity (Wildman–Crippen MR) is 121 cm³/mol. The van der Waals surface area contributed by atoms with Crippen LogP contribution in [0.2, 0.25) is 0 Å². The lowest BCUT2D eigenvalue weighted by atomic mass is 10.0. The van der Waals surface area contributed by atoms with Crippen molar-refractivity contribution in [3.8, 4) is 0 Å². The molecule has 5 nitrogen and oxygen atoms in total. The van der Waals surface area contributed by atoms with E-state index in [1.54, 1.807) is 5.01 Å². The zero-order chi connectivity index (χ0) is 20.7. The first-order valence-corrected chi connectivity index (χ1v) is 10.6. The molecule has 6 heteroatoms. The van der Waals surface area contributed by atoms with Crippen molar-refractivity contribution in [3.63, 3.8) is 0 Å². The van der Waals surface area contributed by atoms with E-state index >= 15 is 0 Å². The molecule has 0 spiro atoms. The number of rotatable bonds is 3. The third-order valence-corrected chi connectivity index (χ3v) is 5.92. The number of amides is 1. The van der Waals surface area contributed by atoms with Crippen molar-refractivity contribution in [2.24, 2.45) is 5.10 Å². The Morgan fingerprint density at radius 2 is 1.77 bits per heavy atom. The molecule has 5 rings (SSSR count). The van der Waals surface area contributed by atoms with E-state index in [1.165, 1.54) is 0 Å². The third-order valence-electron chi connectivity index (χ3n) is 5.39. The molecule has 1 aromatic heterocycles. The highest BCUT2D eigenvalue weighted by atomic mass is 79.9. The summed E-state index contributed by atoms with van der Waals surface area (Å²) in [7, 11) is 0. The lowest BCUT2D eigenvalue weighted by Gasteiger charge is -2.20. The maximum atomic E-state index is 13.5. The second-order valence-corrected chi connectivity index (χ2v) is 8.29.